The Bertz CT molecular complexity index is 1050. The van der Waals surface area contributed by atoms with Gasteiger partial charge in [-0.25, -0.2) is 5.26 Å². The largest absolute Gasteiger partial charge is 0.202 e. The van der Waals surface area contributed by atoms with Crippen LogP contribution in [0.5, 0.6) is 0 Å². The van der Waals surface area contributed by atoms with Gasteiger partial charge in [-0.05, 0) is 42.4 Å². The van der Waals surface area contributed by atoms with Crippen molar-refractivity contribution in [1.29, 1.82) is 43.4 Å². The van der Waals surface area contributed by atoms with Crippen LogP contribution in [0.2, 0.25) is 0 Å². The number of hydrogen-bond donors (Lipinski definition) is 0. The molecular formula is C37H51BN8. The second-order valence-electron chi connectivity index (χ2n) is 6.85. The highest BCUT2D eigenvalue weighted by Crippen LogP contribution is 1.88. The summed E-state index contributed by atoms with van der Waals surface area (Å²) in [6.45, 7) is 36.0. The molecule has 0 rings (SSSR count). The van der Waals surface area contributed by atoms with Crippen molar-refractivity contribution in [3.05, 3.63) is 112 Å². The Balaban J connectivity index is -0.0000000411. The van der Waals surface area contributed by atoms with Crippen molar-refractivity contribution >= 4 is 8.38 Å². The predicted octanol–water partition coefficient (Wildman–Crippen LogP) is 9.72. The molecule has 0 aliphatic rings. The molecule has 2 unspecified atom stereocenters. The molecule has 0 saturated heterocycles. The quantitative estimate of drug-likeness (QED) is 0.0883. The third-order valence-electron chi connectivity index (χ3n) is 2.91. The predicted molar refractivity (Wildman–Crippen MR) is 196 cm³/mol. The van der Waals surface area contributed by atoms with Crippen molar-refractivity contribution in [2.45, 2.75) is 60.3 Å². The molecule has 0 aliphatic carbocycles. The Morgan fingerprint density at radius 2 is 1.04 bits per heavy atom. The van der Waals surface area contributed by atoms with E-state index in [0.29, 0.717) is 24.8 Å². The van der Waals surface area contributed by atoms with Gasteiger partial charge in [0.15, 0.2) is 0 Å². The van der Waals surface area contributed by atoms with Gasteiger partial charge in [-0.1, -0.05) is 81.0 Å². The van der Waals surface area contributed by atoms with Gasteiger partial charge in [-0.3, -0.25) is 0 Å². The van der Waals surface area contributed by atoms with Gasteiger partial charge in [0.25, 0.3) is 0 Å². The summed E-state index contributed by atoms with van der Waals surface area (Å²) in [5, 5.41) is 61.5. The van der Waals surface area contributed by atoms with Crippen LogP contribution in [0.4, 0.5) is 0 Å². The lowest BCUT2D eigenvalue weighted by molar-refractivity contribution is 0.960. The minimum Gasteiger partial charge on any atom is -0.202 e. The van der Waals surface area contributed by atoms with Crippen LogP contribution in [0.3, 0.4) is 0 Å². The van der Waals surface area contributed by atoms with E-state index in [4.69, 9.17) is 43.4 Å². The highest BCUT2D eigenvalue weighted by molar-refractivity contribution is 5.75. The summed E-state index contributed by atoms with van der Waals surface area (Å²) in [6, 6.07) is 13.5. The molecule has 0 amide bonds. The molecule has 2 radical (unpaired) electrons. The van der Waals surface area contributed by atoms with Crippen LogP contribution in [0.1, 0.15) is 60.3 Å². The zero-order valence-corrected chi connectivity index (χ0v) is 28.4. The minimum atomic E-state index is 0.00463. The molecule has 0 saturated carbocycles. The average Bonchev–Trinajstić information content (AvgIpc) is 3.14. The molecule has 242 valence electrons. The number of rotatable bonds is 7. The molecule has 0 spiro atoms. The van der Waals surface area contributed by atoms with Crippen LogP contribution in [0.25, 0.3) is 0 Å². The zero-order valence-electron chi connectivity index (χ0n) is 29.4. The summed E-state index contributed by atoms with van der Waals surface area (Å²) in [6.07, 6.45) is 19.3. The Labute approximate surface area is 285 Å². The maximum absolute atomic E-state index is 8.01. The minimum absolute atomic E-state index is 0.00463. The fourth-order valence-corrected chi connectivity index (χ4v) is 0.613. The molecule has 2 atom stereocenters. The molecule has 0 aromatic carbocycles. The first-order valence-electron chi connectivity index (χ1n) is 13.6. The third-order valence-corrected chi connectivity index (χ3v) is 2.91. The van der Waals surface area contributed by atoms with Gasteiger partial charge >= 0.3 is 0 Å². The molecule has 0 fully saturated rings. The monoisotopic (exact) mass is 619 g/mol. The van der Waals surface area contributed by atoms with Gasteiger partial charge in [0, 0.05) is 33.0 Å². The van der Waals surface area contributed by atoms with E-state index in [2.05, 4.69) is 61.0 Å². The molecule has 9 heteroatoms. The molecule has 8 nitrogen and oxygen atoms in total. The molecule has 0 heterocycles. The van der Waals surface area contributed by atoms with E-state index >= 15 is 0 Å². The van der Waals surface area contributed by atoms with Crippen LogP contribution in [-0.2, 0) is 0 Å². The first-order valence-corrected chi connectivity index (χ1v) is 13.0. The highest BCUT2D eigenvalue weighted by Gasteiger charge is 1.84. The second kappa shape index (κ2) is 98.0. The van der Waals surface area contributed by atoms with Gasteiger partial charge in [0.05, 0.1) is 67.2 Å². The topological polar surface area (TPSA) is 190 Å². The number of hydrogen-bond acceptors (Lipinski definition) is 8. The summed E-state index contributed by atoms with van der Waals surface area (Å²) in [7, 11) is 3.75. The van der Waals surface area contributed by atoms with E-state index in [1.807, 2.05) is 74.6 Å². The molecule has 0 bridgehead atoms. The van der Waals surface area contributed by atoms with E-state index in [1.54, 1.807) is 57.2 Å². The van der Waals surface area contributed by atoms with Gasteiger partial charge in [-0.2, -0.15) is 36.8 Å². The second-order valence-corrected chi connectivity index (χ2v) is 6.85. The lowest BCUT2D eigenvalue weighted by atomic mass is 10.2. The molecule has 0 N–H and O–H groups in total. The first-order chi connectivity index (χ1) is 22.5. The van der Waals surface area contributed by atoms with Gasteiger partial charge in [0.2, 0.25) is 0 Å². The normalized spacial score (nSPS) is 7.78. The Morgan fingerprint density at radius 1 is 0.739 bits per heavy atom. The number of unbranched alkanes of at least 4 members (excludes halogenated alkanes) is 1. The van der Waals surface area contributed by atoms with E-state index in [9.17, 15) is 0 Å². The highest BCUT2D eigenvalue weighted by atomic mass is 14.2. The van der Waals surface area contributed by atoms with E-state index in [0.717, 1.165) is 6.42 Å². The average molecular weight is 620 g/mol. The smallest absolute Gasteiger partial charge is 0.0937 e. The van der Waals surface area contributed by atoms with Crippen LogP contribution in [0.15, 0.2) is 112 Å². The third kappa shape index (κ3) is 236. The number of nitriles is 8. The van der Waals surface area contributed by atoms with Crippen molar-refractivity contribution in [2.75, 3.05) is 0 Å². The van der Waals surface area contributed by atoms with Crippen molar-refractivity contribution in [3.63, 3.8) is 0 Å². The summed E-state index contributed by atoms with van der Waals surface area (Å²) < 4.78 is 5.25. The Kier molecular flexibility index (Phi) is 134. The summed E-state index contributed by atoms with van der Waals surface area (Å²) in [5.41, 5.74) is 0.560. The van der Waals surface area contributed by atoms with E-state index < -0.39 is 0 Å². The molecule has 46 heavy (non-hydrogen) atoms. The van der Waals surface area contributed by atoms with Crippen LogP contribution < -0.4 is 0 Å². The maximum Gasteiger partial charge on any atom is 0.0937 e. The number of nitrogens with zero attached hydrogens (tertiary/aromatic N) is 8. The standard InChI is InChI=1S/5C5H7N.C4H5N.C4H6.C3H3N.CHN.BH/c2*1-3-5(2)4-6;3*1-2-3-4-5-6;1-4(2)3-5;1-3-4-2;1-2-3-4;1-2;/h2*3,5H,1H2,2H3;2*2-3H,4H2,1H3;2H,1,3-4H2;1H2,2H3;3-4H,1-2H2;2H,1H2;1H;1H/i;;;;;;;;;1D. The van der Waals surface area contributed by atoms with Crippen molar-refractivity contribution in [1.82, 2.24) is 0 Å². The molecule has 0 aliphatic heterocycles. The fraction of sp³-hybridized carbons (Fsp3) is 0.297. The SMILES string of the molecule is C#N.C=C(C)C#N.C=CC#N.C=CC(C)C#N.C=CC(C)C#N.C=CC=C.C=CCCC#N.CC=CCC#N.CC=CCC#N.[2H][B]. The Hall–Kier alpha value is -6.36. The lowest BCUT2D eigenvalue weighted by Gasteiger charge is -1.80. The summed E-state index contributed by atoms with van der Waals surface area (Å²) >= 11 is 0. The van der Waals surface area contributed by atoms with Crippen LogP contribution in [0, 0.1) is 103 Å². The van der Waals surface area contributed by atoms with E-state index in [-0.39, 0.29) is 11.8 Å². The molecule has 0 aromatic rings. The molecule has 0 aromatic heterocycles. The van der Waals surface area contributed by atoms with Crippen LogP contribution in [-0.4, -0.2) is 9.71 Å². The van der Waals surface area contributed by atoms with Crippen molar-refractivity contribution < 1.29 is 0 Å². The first kappa shape index (κ1) is 63.0. The van der Waals surface area contributed by atoms with Gasteiger partial charge in [-0.15, -0.1) is 19.7 Å². The van der Waals surface area contributed by atoms with Gasteiger partial charge in [0.1, 0.15) is 0 Å². The fourth-order valence-electron chi connectivity index (χ4n) is 0.613. The molecular weight excluding hydrogens is 567 g/mol. The van der Waals surface area contributed by atoms with E-state index in [1.165, 1.54) is 6.08 Å². The summed E-state index contributed by atoms with van der Waals surface area (Å²) in [5.74, 6) is 0.00926. The van der Waals surface area contributed by atoms with Crippen LogP contribution >= 0.6 is 0 Å². The zero-order chi connectivity index (χ0) is 39.6. The van der Waals surface area contributed by atoms with Crippen molar-refractivity contribution in [2.24, 2.45) is 11.8 Å². The van der Waals surface area contributed by atoms with Crippen molar-refractivity contribution in [3.8, 4) is 49.1 Å². The lowest BCUT2D eigenvalue weighted by Crippen LogP contribution is -1.76. The Morgan fingerprint density at radius 3 is 1.09 bits per heavy atom. The summed E-state index contributed by atoms with van der Waals surface area (Å²) in [4.78, 5) is 0. The number of allylic oxidation sites excluding steroid dienone is 11. The maximum atomic E-state index is 8.01. The van der Waals surface area contributed by atoms with Gasteiger partial charge < -0.3 is 0 Å².